The van der Waals surface area contributed by atoms with Crippen LogP contribution in [0.5, 0.6) is 0 Å². The van der Waals surface area contributed by atoms with Crippen molar-refractivity contribution in [3.8, 4) is 5.69 Å². The molecule has 164 valence electrons. The van der Waals surface area contributed by atoms with Crippen LogP contribution in [-0.4, -0.2) is 34.8 Å². The summed E-state index contributed by atoms with van der Waals surface area (Å²) >= 11 is 0. The molecule has 1 saturated heterocycles. The van der Waals surface area contributed by atoms with Crippen molar-refractivity contribution in [1.82, 2.24) is 20.4 Å². The molecule has 1 aliphatic heterocycles. The number of carbonyl (C=O) groups excluding carboxylic acids is 2. The van der Waals surface area contributed by atoms with Gasteiger partial charge >= 0.3 is 6.03 Å². The maximum atomic E-state index is 13.2. The van der Waals surface area contributed by atoms with Gasteiger partial charge in [0.05, 0.1) is 23.6 Å². The standard InChI is InChI=1S/C25H27N5O2/c1-25(2)14-21(20-16-27-30(22(20)15-25)18-8-4-3-5-9-18)28-23(31)17-7-6-10-19(13-17)29-12-11-26-24(29)32/h3-10,13,16,21H,11-12,14-15H2,1-2H3,(H,26,32)(H,28,31)/t21-/m0/s1. The van der Waals surface area contributed by atoms with Crippen LogP contribution in [0.25, 0.3) is 5.69 Å². The molecule has 2 aliphatic rings. The van der Waals surface area contributed by atoms with E-state index < -0.39 is 0 Å². The van der Waals surface area contributed by atoms with Crippen LogP contribution >= 0.6 is 0 Å². The Morgan fingerprint density at radius 2 is 1.91 bits per heavy atom. The van der Waals surface area contributed by atoms with E-state index in [1.807, 2.05) is 53.3 Å². The van der Waals surface area contributed by atoms with Gasteiger partial charge in [-0.15, -0.1) is 0 Å². The van der Waals surface area contributed by atoms with Gasteiger partial charge in [-0.1, -0.05) is 38.1 Å². The second-order valence-electron chi connectivity index (χ2n) is 9.30. The number of nitrogens with one attached hydrogen (secondary N) is 2. The number of anilines is 1. The molecule has 1 atom stereocenters. The Morgan fingerprint density at radius 1 is 1.12 bits per heavy atom. The van der Waals surface area contributed by atoms with Crippen LogP contribution < -0.4 is 15.5 Å². The van der Waals surface area contributed by atoms with Gasteiger partial charge in [0.2, 0.25) is 0 Å². The van der Waals surface area contributed by atoms with E-state index in [1.165, 1.54) is 0 Å². The number of aromatic nitrogens is 2. The summed E-state index contributed by atoms with van der Waals surface area (Å²) in [6.07, 6.45) is 3.61. The summed E-state index contributed by atoms with van der Waals surface area (Å²) in [6.45, 7) is 5.66. The van der Waals surface area contributed by atoms with Crippen molar-refractivity contribution >= 4 is 17.6 Å². The number of fused-ring (bicyclic) bond motifs is 1. The Balaban J connectivity index is 1.42. The van der Waals surface area contributed by atoms with Crippen molar-refractivity contribution in [3.05, 3.63) is 77.6 Å². The molecule has 2 aromatic carbocycles. The average Bonchev–Trinajstić information content (AvgIpc) is 3.40. The van der Waals surface area contributed by atoms with E-state index in [-0.39, 0.29) is 23.4 Å². The van der Waals surface area contributed by atoms with E-state index in [9.17, 15) is 9.59 Å². The summed E-state index contributed by atoms with van der Waals surface area (Å²) < 4.78 is 1.99. The van der Waals surface area contributed by atoms with Crippen LogP contribution in [0.15, 0.2) is 60.8 Å². The molecule has 2 N–H and O–H groups in total. The minimum absolute atomic E-state index is 0.0208. The number of urea groups is 1. The highest BCUT2D eigenvalue weighted by Crippen LogP contribution is 2.41. The largest absolute Gasteiger partial charge is 0.345 e. The Morgan fingerprint density at radius 3 is 2.66 bits per heavy atom. The maximum absolute atomic E-state index is 13.2. The summed E-state index contributed by atoms with van der Waals surface area (Å²) in [4.78, 5) is 26.9. The number of amides is 3. The summed E-state index contributed by atoms with van der Waals surface area (Å²) in [5.41, 5.74) is 4.52. The Hall–Kier alpha value is -3.61. The predicted octanol–water partition coefficient (Wildman–Crippen LogP) is 3.85. The first-order chi connectivity index (χ1) is 15.4. The Labute approximate surface area is 187 Å². The molecule has 1 fully saturated rings. The van der Waals surface area contributed by atoms with Crippen molar-refractivity contribution in [1.29, 1.82) is 0 Å². The first-order valence-corrected chi connectivity index (χ1v) is 11.0. The molecule has 0 unspecified atom stereocenters. The lowest BCUT2D eigenvalue weighted by molar-refractivity contribution is 0.0919. The van der Waals surface area contributed by atoms with E-state index in [1.54, 1.807) is 17.0 Å². The van der Waals surface area contributed by atoms with Gasteiger partial charge < -0.3 is 10.6 Å². The predicted molar refractivity (Wildman–Crippen MR) is 123 cm³/mol. The molecule has 0 bridgehead atoms. The SMILES string of the molecule is CC1(C)Cc2c(cnn2-c2ccccc2)[C@@H](NC(=O)c2cccc(N3CCNC3=O)c2)C1. The average molecular weight is 430 g/mol. The highest BCUT2D eigenvalue weighted by Gasteiger charge is 2.36. The molecular formula is C25H27N5O2. The molecule has 5 rings (SSSR count). The van der Waals surface area contributed by atoms with Crippen LogP contribution in [0.2, 0.25) is 0 Å². The molecule has 2 heterocycles. The molecule has 3 aromatic rings. The molecule has 1 aromatic heterocycles. The minimum Gasteiger partial charge on any atom is -0.345 e. The summed E-state index contributed by atoms with van der Waals surface area (Å²) in [7, 11) is 0. The lowest BCUT2D eigenvalue weighted by Gasteiger charge is -2.36. The molecule has 3 amide bonds. The fraction of sp³-hybridized carbons (Fsp3) is 0.320. The van der Waals surface area contributed by atoms with Crippen LogP contribution in [0, 0.1) is 5.41 Å². The van der Waals surface area contributed by atoms with Gasteiger partial charge in [-0.05, 0) is 48.6 Å². The summed E-state index contributed by atoms with van der Waals surface area (Å²) in [5.74, 6) is -0.146. The number of carbonyl (C=O) groups is 2. The number of para-hydroxylation sites is 1. The number of hydrogen-bond donors (Lipinski definition) is 2. The third-order valence-electron chi connectivity index (χ3n) is 6.26. The first-order valence-electron chi connectivity index (χ1n) is 11.0. The minimum atomic E-state index is -0.146. The van der Waals surface area contributed by atoms with Crippen LogP contribution in [0.1, 0.15) is 47.9 Å². The van der Waals surface area contributed by atoms with E-state index in [4.69, 9.17) is 0 Å². The van der Waals surface area contributed by atoms with Gasteiger partial charge in [0.1, 0.15) is 0 Å². The van der Waals surface area contributed by atoms with Gasteiger partial charge in [-0.3, -0.25) is 9.69 Å². The molecular weight excluding hydrogens is 402 g/mol. The van der Waals surface area contributed by atoms with E-state index in [0.29, 0.717) is 18.7 Å². The normalized spacial score (nSPS) is 19.4. The first kappa shape index (κ1) is 20.3. The van der Waals surface area contributed by atoms with E-state index >= 15 is 0 Å². The van der Waals surface area contributed by atoms with Crippen molar-refractivity contribution < 1.29 is 9.59 Å². The molecule has 0 spiro atoms. The number of hydrogen-bond acceptors (Lipinski definition) is 3. The maximum Gasteiger partial charge on any atom is 0.321 e. The van der Waals surface area contributed by atoms with E-state index in [2.05, 4.69) is 29.6 Å². The smallest absolute Gasteiger partial charge is 0.321 e. The van der Waals surface area contributed by atoms with E-state index in [0.717, 1.165) is 35.5 Å². The van der Waals surface area contributed by atoms with Crippen molar-refractivity contribution in [2.45, 2.75) is 32.7 Å². The molecule has 0 saturated carbocycles. The molecule has 1 aliphatic carbocycles. The zero-order chi connectivity index (χ0) is 22.3. The van der Waals surface area contributed by atoms with Crippen LogP contribution in [-0.2, 0) is 6.42 Å². The molecule has 7 nitrogen and oxygen atoms in total. The molecule has 0 radical (unpaired) electrons. The number of benzene rings is 2. The van der Waals surface area contributed by atoms with Crippen LogP contribution in [0.4, 0.5) is 10.5 Å². The second-order valence-corrected chi connectivity index (χ2v) is 9.30. The van der Waals surface area contributed by atoms with Crippen molar-refractivity contribution in [3.63, 3.8) is 0 Å². The highest BCUT2D eigenvalue weighted by atomic mass is 16.2. The zero-order valence-electron chi connectivity index (χ0n) is 18.3. The van der Waals surface area contributed by atoms with Crippen molar-refractivity contribution in [2.75, 3.05) is 18.0 Å². The lowest BCUT2D eigenvalue weighted by atomic mass is 9.74. The van der Waals surface area contributed by atoms with Crippen LogP contribution in [0.3, 0.4) is 0 Å². The highest BCUT2D eigenvalue weighted by molar-refractivity contribution is 5.98. The third kappa shape index (κ3) is 3.75. The monoisotopic (exact) mass is 429 g/mol. The van der Waals surface area contributed by atoms with Gasteiger partial charge in [0, 0.05) is 29.9 Å². The zero-order valence-corrected chi connectivity index (χ0v) is 18.3. The lowest BCUT2D eigenvalue weighted by Crippen LogP contribution is -2.37. The third-order valence-corrected chi connectivity index (χ3v) is 6.26. The van der Waals surface area contributed by atoms with Gasteiger partial charge in [-0.25, -0.2) is 9.48 Å². The van der Waals surface area contributed by atoms with Crippen molar-refractivity contribution in [2.24, 2.45) is 5.41 Å². The van der Waals surface area contributed by atoms with Gasteiger partial charge in [-0.2, -0.15) is 5.10 Å². The molecule has 7 heteroatoms. The fourth-order valence-corrected chi connectivity index (χ4v) is 4.74. The summed E-state index contributed by atoms with van der Waals surface area (Å²) in [5, 5.41) is 10.7. The Kier molecular flexibility index (Phi) is 4.96. The number of rotatable bonds is 4. The number of nitrogens with zero attached hydrogens (tertiary/aromatic N) is 3. The topological polar surface area (TPSA) is 79.3 Å². The Bertz CT molecular complexity index is 1170. The second kappa shape index (κ2) is 7.82. The summed E-state index contributed by atoms with van der Waals surface area (Å²) in [6, 6.07) is 17.1. The quantitative estimate of drug-likeness (QED) is 0.661. The fourth-order valence-electron chi connectivity index (χ4n) is 4.74. The molecule has 32 heavy (non-hydrogen) atoms. The van der Waals surface area contributed by atoms with Gasteiger partial charge in [0.15, 0.2) is 0 Å². The van der Waals surface area contributed by atoms with Gasteiger partial charge in [0.25, 0.3) is 5.91 Å².